The molecule has 1 aromatic carbocycles. The number of pyridine rings is 1. The molecule has 0 atom stereocenters. The van der Waals surface area contributed by atoms with Crippen molar-refractivity contribution in [2.45, 2.75) is 32.4 Å². The van der Waals surface area contributed by atoms with Gasteiger partial charge in [0.2, 0.25) is 0 Å². The summed E-state index contributed by atoms with van der Waals surface area (Å²) in [7, 11) is 1.69. The zero-order chi connectivity index (χ0) is 13.9. The van der Waals surface area contributed by atoms with Crippen LogP contribution in [-0.2, 0) is 6.54 Å². The average molecular weight is 268 g/mol. The molecule has 2 aromatic rings. The number of hydrogen-bond donors (Lipinski definition) is 1. The van der Waals surface area contributed by atoms with Crippen LogP contribution in [-0.4, -0.2) is 18.1 Å². The van der Waals surface area contributed by atoms with Crippen LogP contribution in [0.2, 0.25) is 0 Å². The van der Waals surface area contributed by atoms with E-state index in [1.165, 1.54) is 18.4 Å². The van der Waals surface area contributed by atoms with Gasteiger partial charge in [-0.2, -0.15) is 0 Å². The van der Waals surface area contributed by atoms with Gasteiger partial charge in [-0.25, -0.2) is 0 Å². The van der Waals surface area contributed by atoms with Gasteiger partial charge in [0.25, 0.3) is 0 Å². The van der Waals surface area contributed by atoms with Crippen LogP contribution >= 0.6 is 0 Å². The fourth-order valence-electron chi connectivity index (χ4n) is 2.32. The summed E-state index contributed by atoms with van der Waals surface area (Å²) < 4.78 is 5.40. The van der Waals surface area contributed by atoms with Crippen molar-refractivity contribution in [1.29, 1.82) is 0 Å². The Morgan fingerprint density at radius 1 is 1.20 bits per heavy atom. The zero-order valence-corrected chi connectivity index (χ0v) is 12.0. The van der Waals surface area contributed by atoms with E-state index in [1.807, 2.05) is 24.3 Å². The second-order valence-corrected chi connectivity index (χ2v) is 5.30. The van der Waals surface area contributed by atoms with Crippen LogP contribution in [0.15, 0.2) is 36.4 Å². The summed E-state index contributed by atoms with van der Waals surface area (Å²) in [5.74, 6) is 0.864. The van der Waals surface area contributed by atoms with Crippen LogP contribution in [0.3, 0.4) is 0 Å². The molecule has 20 heavy (non-hydrogen) atoms. The maximum atomic E-state index is 5.40. The summed E-state index contributed by atoms with van der Waals surface area (Å²) in [6, 6.07) is 13.0. The first-order chi connectivity index (χ1) is 9.78. The summed E-state index contributed by atoms with van der Waals surface area (Å²) in [6.45, 7) is 2.98. The lowest BCUT2D eigenvalue weighted by molar-refractivity contribution is 0.416. The fraction of sp³-hybridized carbons (Fsp3) is 0.353. The lowest BCUT2D eigenvalue weighted by Gasteiger charge is -2.11. The number of nitrogens with one attached hydrogen (secondary N) is 1. The number of para-hydroxylation sites is 1. The molecule has 1 aliphatic rings. The van der Waals surface area contributed by atoms with Gasteiger partial charge in [0.1, 0.15) is 5.75 Å². The van der Waals surface area contributed by atoms with E-state index in [0.29, 0.717) is 0 Å². The van der Waals surface area contributed by atoms with E-state index >= 15 is 0 Å². The molecule has 0 unspecified atom stereocenters. The Bertz CT molecular complexity index is 606. The molecular formula is C17H20N2O. The number of benzene rings is 1. The largest absolute Gasteiger partial charge is 0.496 e. The third-order valence-corrected chi connectivity index (χ3v) is 3.74. The number of aromatic nitrogens is 1. The van der Waals surface area contributed by atoms with Crippen molar-refractivity contribution in [3.05, 3.63) is 47.7 Å². The van der Waals surface area contributed by atoms with Crippen molar-refractivity contribution >= 4 is 0 Å². The molecule has 1 aliphatic carbocycles. The topological polar surface area (TPSA) is 34.1 Å². The fourth-order valence-corrected chi connectivity index (χ4v) is 2.32. The quantitative estimate of drug-likeness (QED) is 0.903. The second-order valence-electron chi connectivity index (χ2n) is 5.30. The van der Waals surface area contributed by atoms with E-state index in [9.17, 15) is 0 Å². The van der Waals surface area contributed by atoms with E-state index in [-0.39, 0.29) is 0 Å². The number of nitrogens with zero attached hydrogens (tertiary/aromatic N) is 1. The molecule has 3 nitrogen and oxygen atoms in total. The molecule has 3 rings (SSSR count). The SMILES string of the molecule is COc1ccccc1-c1ccc(CNC2CC2)c(C)n1. The summed E-state index contributed by atoms with van der Waals surface area (Å²) in [5, 5.41) is 3.53. The van der Waals surface area contributed by atoms with Crippen molar-refractivity contribution in [3.63, 3.8) is 0 Å². The summed E-state index contributed by atoms with van der Waals surface area (Å²) >= 11 is 0. The lowest BCUT2D eigenvalue weighted by atomic mass is 10.1. The van der Waals surface area contributed by atoms with E-state index < -0.39 is 0 Å². The summed E-state index contributed by atoms with van der Waals surface area (Å²) in [6.07, 6.45) is 2.62. The Morgan fingerprint density at radius 3 is 2.70 bits per heavy atom. The standard InChI is InChI=1S/C17H20N2O/c1-12-13(11-18-14-8-9-14)7-10-16(19-12)15-5-3-4-6-17(15)20-2/h3-7,10,14,18H,8-9,11H2,1-2H3. The van der Waals surface area contributed by atoms with Crippen LogP contribution < -0.4 is 10.1 Å². The molecule has 0 radical (unpaired) electrons. The van der Waals surface area contributed by atoms with Gasteiger partial charge in [-0.1, -0.05) is 18.2 Å². The second kappa shape index (κ2) is 5.63. The van der Waals surface area contributed by atoms with Gasteiger partial charge >= 0.3 is 0 Å². The van der Waals surface area contributed by atoms with E-state index in [1.54, 1.807) is 7.11 Å². The smallest absolute Gasteiger partial charge is 0.128 e. The minimum atomic E-state index is 0.725. The first kappa shape index (κ1) is 13.1. The maximum absolute atomic E-state index is 5.40. The number of rotatable bonds is 5. The maximum Gasteiger partial charge on any atom is 0.128 e. The van der Waals surface area contributed by atoms with Gasteiger partial charge in [0.05, 0.1) is 12.8 Å². The monoisotopic (exact) mass is 268 g/mol. The average Bonchev–Trinajstić information content (AvgIpc) is 3.30. The highest BCUT2D eigenvalue weighted by Gasteiger charge is 2.20. The summed E-state index contributed by atoms with van der Waals surface area (Å²) in [4.78, 5) is 4.73. The molecule has 0 bridgehead atoms. The molecular weight excluding hydrogens is 248 g/mol. The summed E-state index contributed by atoms with van der Waals surface area (Å²) in [5.41, 5.74) is 4.37. The van der Waals surface area contributed by atoms with Gasteiger partial charge in [-0.05, 0) is 43.5 Å². The molecule has 0 spiro atoms. The molecule has 1 aromatic heterocycles. The first-order valence-corrected chi connectivity index (χ1v) is 7.11. The van der Waals surface area contributed by atoms with Crippen molar-refractivity contribution < 1.29 is 4.74 Å². The highest BCUT2D eigenvalue weighted by Crippen LogP contribution is 2.28. The Balaban J connectivity index is 1.85. The van der Waals surface area contributed by atoms with Crippen molar-refractivity contribution in [3.8, 4) is 17.0 Å². The molecule has 1 N–H and O–H groups in total. The zero-order valence-electron chi connectivity index (χ0n) is 12.0. The van der Waals surface area contributed by atoms with Crippen LogP contribution in [0.25, 0.3) is 11.3 Å². The normalized spacial score (nSPS) is 14.3. The van der Waals surface area contributed by atoms with Crippen LogP contribution in [0.1, 0.15) is 24.1 Å². The van der Waals surface area contributed by atoms with Gasteiger partial charge in [0.15, 0.2) is 0 Å². The number of hydrogen-bond acceptors (Lipinski definition) is 3. The molecule has 1 fully saturated rings. The molecule has 0 saturated heterocycles. The molecule has 1 saturated carbocycles. The highest BCUT2D eigenvalue weighted by molar-refractivity contribution is 5.67. The Labute approximate surface area is 120 Å². The van der Waals surface area contributed by atoms with E-state index in [4.69, 9.17) is 9.72 Å². The van der Waals surface area contributed by atoms with Gasteiger partial charge in [-0.3, -0.25) is 4.98 Å². The van der Waals surface area contributed by atoms with Crippen molar-refractivity contribution in [2.75, 3.05) is 7.11 Å². The van der Waals surface area contributed by atoms with Gasteiger partial charge < -0.3 is 10.1 Å². The molecule has 0 aliphatic heterocycles. The Kier molecular flexibility index (Phi) is 3.70. The Morgan fingerprint density at radius 2 is 2.00 bits per heavy atom. The van der Waals surface area contributed by atoms with Gasteiger partial charge in [-0.15, -0.1) is 0 Å². The highest BCUT2D eigenvalue weighted by atomic mass is 16.5. The van der Waals surface area contributed by atoms with Crippen LogP contribution in [0.5, 0.6) is 5.75 Å². The first-order valence-electron chi connectivity index (χ1n) is 7.11. The van der Waals surface area contributed by atoms with Crippen LogP contribution in [0, 0.1) is 6.92 Å². The predicted octanol–water partition coefficient (Wildman–Crippen LogP) is 3.32. The minimum absolute atomic E-state index is 0.725. The third-order valence-electron chi connectivity index (χ3n) is 3.74. The predicted molar refractivity (Wildman–Crippen MR) is 80.8 cm³/mol. The van der Waals surface area contributed by atoms with Crippen LogP contribution in [0.4, 0.5) is 0 Å². The third kappa shape index (κ3) is 2.83. The van der Waals surface area contributed by atoms with Crippen molar-refractivity contribution in [2.24, 2.45) is 0 Å². The number of ether oxygens (including phenoxy) is 1. The molecule has 1 heterocycles. The number of aryl methyl sites for hydroxylation is 1. The van der Waals surface area contributed by atoms with E-state index in [0.717, 1.165) is 35.3 Å². The van der Waals surface area contributed by atoms with E-state index in [2.05, 4.69) is 24.4 Å². The number of methoxy groups -OCH3 is 1. The Hall–Kier alpha value is -1.87. The van der Waals surface area contributed by atoms with Gasteiger partial charge in [0, 0.05) is 23.8 Å². The minimum Gasteiger partial charge on any atom is -0.496 e. The molecule has 3 heteroatoms. The molecule has 0 amide bonds. The van der Waals surface area contributed by atoms with Crippen molar-refractivity contribution in [1.82, 2.24) is 10.3 Å². The lowest BCUT2D eigenvalue weighted by Crippen LogP contribution is -2.16. The molecule has 104 valence electrons.